The van der Waals surface area contributed by atoms with Crippen molar-refractivity contribution in [2.75, 3.05) is 17.7 Å². The lowest BCUT2D eigenvalue weighted by molar-refractivity contribution is 0.0601. The van der Waals surface area contributed by atoms with Crippen LogP contribution in [0, 0.1) is 13.8 Å². The summed E-state index contributed by atoms with van der Waals surface area (Å²) in [6, 6.07) is 15.1. The molecule has 2 N–H and O–H groups in total. The quantitative estimate of drug-likeness (QED) is 0.594. The second kappa shape index (κ2) is 8.52. The van der Waals surface area contributed by atoms with E-state index in [1.54, 1.807) is 12.1 Å². The van der Waals surface area contributed by atoms with E-state index < -0.39 is 0 Å². The zero-order valence-corrected chi connectivity index (χ0v) is 16.5. The van der Waals surface area contributed by atoms with Gasteiger partial charge in [0.25, 0.3) is 0 Å². The number of rotatable bonds is 6. The lowest BCUT2D eigenvalue weighted by atomic mass is 10.1. The van der Waals surface area contributed by atoms with Gasteiger partial charge >= 0.3 is 5.97 Å². The Labute approximate surface area is 165 Å². The Balaban J connectivity index is 1.83. The van der Waals surface area contributed by atoms with Crippen LogP contribution in [0.3, 0.4) is 0 Å². The van der Waals surface area contributed by atoms with Crippen LogP contribution in [0.15, 0.2) is 48.5 Å². The number of anilines is 4. The molecule has 1 aromatic heterocycles. The van der Waals surface area contributed by atoms with E-state index in [9.17, 15) is 4.79 Å². The minimum atomic E-state index is -0.360. The topological polar surface area (TPSA) is 76.1 Å². The standard InChI is InChI=1S/C22H24N4O2/c1-5-16-8-6-7-14(2)20(16)26-22-23-15(3)13-19(25-22)24-18-11-9-17(10-12-18)21(27)28-4/h6-13H,5H2,1-4H3,(H2,23,24,25,26). The number of carbonyl (C=O) groups is 1. The van der Waals surface area contributed by atoms with Crippen molar-refractivity contribution in [3.05, 3.63) is 70.9 Å². The van der Waals surface area contributed by atoms with Crippen molar-refractivity contribution in [3.63, 3.8) is 0 Å². The zero-order valence-electron chi connectivity index (χ0n) is 16.5. The van der Waals surface area contributed by atoms with Crippen LogP contribution in [-0.2, 0) is 11.2 Å². The molecule has 6 heteroatoms. The highest BCUT2D eigenvalue weighted by molar-refractivity contribution is 5.89. The van der Waals surface area contributed by atoms with E-state index in [2.05, 4.69) is 52.6 Å². The number of hydrogen-bond acceptors (Lipinski definition) is 6. The minimum absolute atomic E-state index is 0.360. The Morgan fingerprint density at radius 2 is 1.79 bits per heavy atom. The maximum Gasteiger partial charge on any atom is 0.337 e. The van der Waals surface area contributed by atoms with E-state index in [0.717, 1.165) is 29.1 Å². The molecule has 0 aliphatic heterocycles. The molecular weight excluding hydrogens is 352 g/mol. The van der Waals surface area contributed by atoms with Crippen LogP contribution in [0.25, 0.3) is 0 Å². The summed E-state index contributed by atoms with van der Waals surface area (Å²) in [4.78, 5) is 20.7. The van der Waals surface area contributed by atoms with Crippen LogP contribution in [0.1, 0.15) is 34.1 Å². The van der Waals surface area contributed by atoms with Crippen molar-refractivity contribution < 1.29 is 9.53 Å². The molecule has 0 fully saturated rings. The molecule has 0 aliphatic carbocycles. The predicted molar refractivity (Wildman–Crippen MR) is 112 cm³/mol. The van der Waals surface area contributed by atoms with E-state index in [4.69, 9.17) is 4.74 Å². The number of aromatic nitrogens is 2. The summed E-state index contributed by atoms with van der Waals surface area (Å²) < 4.78 is 4.72. The van der Waals surface area contributed by atoms with Gasteiger partial charge in [-0.15, -0.1) is 0 Å². The Bertz CT molecular complexity index is 984. The van der Waals surface area contributed by atoms with Gasteiger partial charge in [-0.3, -0.25) is 0 Å². The molecule has 0 saturated heterocycles. The molecule has 0 aliphatic rings. The smallest absolute Gasteiger partial charge is 0.337 e. The normalized spacial score (nSPS) is 10.4. The van der Waals surface area contributed by atoms with Gasteiger partial charge in [-0.05, 0) is 55.7 Å². The fraction of sp³-hybridized carbons (Fsp3) is 0.227. The van der Waals surface area contributed by atoms with Gasteiger partial charge in [-0.25, -0.2) is 9.78 Å². The van der Waals surface area contributed by atoms with Crippen molar-refractivity contribution in [1.82, 2.24) is 9.97 Å². The van der Waals surface area contributed by atoms with Crippen molar-refractivity contribution in [2.24, 2.45) is 0 Å². The molecule has 0 radical (unpaired) electrons. The van der Waals surface area contributed by atoms with Gasteiger partial charge in [-0.2, -0.15) is 4.98 Å². The number of para-hydroxylation sites is 1. The molecule has 144 valence electrons. The van der Waals surface area contributed by atoms with Gasteiger partial charge in [0.05, 0.1) is 12.7 Å². The Morgan fingerprint density at radius 1 is 1.04 bits per heavy atom. The lowest BCUT2D eigenvalue weighted by Gasteiger charge is -2.14. The number of benzene rings is 2. The number of aryl methyl sites for hydroxylation is 3. The number of methoxy groups -OCH3 is 1. The highest BCUT2D eigenvalue weighted by Gasteiger charge is 2.09. The van der Waals surface area contributed by atoms with Gasteiger partial charge in [0.2, 0.25) is 5.95 Å². The van der Waals surface area contributed by atoms with E-state index in [1.165, 1.54) is 12.7 Å². The Hall–Kier alpha value is -3.41. The monoisotopic (exact) mass is 376 g/mol. The lowest BCUT2D eigenvalue weighted by Crippen LogP contribution is -2.05. The number of ether oxygens (including phenoxy) is 1. The zero-order chi connectivity index (χ0) is 20.1. The van der Waals surface area contributed by atoms with E-state index in [1.807, 2.05) is 25.1 Å². The van der Waals surface area contributed by atoms with Gasteiger partial charge in [-0.1, -0.05) is 25.1 Å². The molecule has 0 unspecified atom stereocenters. The van der Waals surface area contributed by atoms with Crippen molar-refractivity contribution in [1.29, 1.82) is 0 Å². The molecule has 28 heavy (non-hydrogen) atoms. The van der Waals surface area contributed by atoms with Crippen LogP contribution in [0.5, 0.6) is 0 Å². The van der Waals surface area contributed by atoms with Crippen molar-refractivity contribution in [3.8, 4) is 0 Å². The molecular formula is C22H24N4O2. The summed E-state index contributed by atoms with van der Waals surface area (Å²) in [7, 11) is 1.37. The van der Waals surface area contributed by atoms with Crippen LogP contribution >= 0.6 is 0 Å². The number of nitrogens with zero attached hydrogens (tertiary/aromatic N) is 2. The van der Waals surface area contributed by atoms with Crippen LogP contribution in [0.4, 0.5) is 23.1 Å². The molecule has 3 aromatic rings. The largest absolute Gasteiger partial charge is 0.465 e. The average molecular weight is 376 g/mol. The summed E-state index contributed by atoms with van der Waals surface area (Å²) in [5, 5.41) is 6.62. The SMILES string of the molecule is CCc1cccc(C)c1Nc1nc(C)cc(Nc2ccc(C(=O)OC)cc2)n1. The summed E-state index contributed by atoms with van der Waals surface area (Å²) in [6.45, 7) is 6.12. The second-order valence-electron chi connectivity index (χ2n) is 6.50. The summed E-state index contributed by atoms with van der Waals surface area (Å²) in [6.07, 6.45) is 0.924. The number of esters is 1. The maximum atomic E-state index is 11.6. The first-order chi connectivity index (χ1) is 13.5. The summed E-state index contributed by atoms with van der Waals surface area (Å²) >= 11 is 0. The first kappa shape index (κ1) is 19.4. The van der Waals surface area contributed by atoms with E-state index in [0.29, 0.717) is 17.3 Å². The number of carbonyl (C=O) groups excluding carboxylic acids is 1. The van der Waals surface area contributed by atoms with Gasteiger partial charge in [0, 0.05) is 23.1 Å². The maximum absolute atomic E-state index is 11.6. The minimum Gasteiger partial charge on any atom is -0.465 e. The molecule has 1 heterocycles. The third-order valence-electron chi connectivity index (χ3n) is 4.41. The highest BCUT2D eigenvalue weighted by atomic mass is 16.5. The molecule has 0 spiro atoms. The average Bonchev–Trinajstić information content (AvgIpc) is 2.69. The molecule has 3 rings (SSSR count). The highest BCUT2D eigenvalue weighted by Crippen LogP contribution is 2.25. The van der Waals surface area contributed by atoms with Crippen molar-refractivity contribution in [2.45, 2.75) is 27.2 Å². The molecule has 6 nitrogen and oxygen atoms in total. The van der Waals surface area contributed by atoms with E-state index >= 15 is 0 Å². The Morgan fingerprint density at radius 3 is 2.46 bits per heavy atom. The molecule has 0 bridgehead atoms. The van der Waals surface area contributed by atoms with Crippen LogP contribution in [-0.4, -0.2) is 23.0 Å². The third kappa shape index (κ3) is 4.46. The predicted octanol–water partition coefficient (Wildman–Crippen LogP) is 4.93. The molecule has 0 saturated carbocycles. The summed E-state index contributed by atoms with van der Waals surface area (Å²) in [5.74, 6) is 0.853. The molecule has 2 aromatic carbocycles. The van der Waals surface area contributed by atoms with E-state index in [-0.39, 0.29) is 5.97 Å². The van der Waals surface area contributed by atoms with Crippen molar-refractivity contribution >= 4 is 29.1 Å². The fourth-order valence-electron chi connectivity index (χ4n) is 2.96. The molecule has 0 atom stereocenters. The fourth-order valence-corrected chi connectivity index (χ4v) is 2.96. The van der Waals surface area contributed by atoms with Gasteiger partial charge in [0.1, 0.15) is 5.82 Å². The molecule has 0 amide bonds. The summed E-state index contributed by atoms with van der Waals surface area (Å²) in [5.41, 5.74) is 5.58. The first-order valence-electron chi connectivity index (χ1n) is 9.16. The second-order valence-corrected chi connectivity index (χ2v) is 6.50. The number of nitrogens with one attached hydrogen (secondary N) is 2. The van der Waals surface area contributed by atoms with Crippen LogP contribution < -0.4 is 10.6 Å². The number of hydrogen-bond donors (Lipinski definition) is 2. The third-order valence-corrected chi connectivity index (χ3v) is 4.41. The van der Waals surface area contributed by atoms with Gasteiger partial charge in [0.15, 0.2) is 0 Å². The van der Waals surface area contributed by atoms with Gasteiger partial charge < -0.3 is 15.4 Å². The van der Waals surface area contributed by atoms with Crippen LogP contribution in [0.2, 0.25) is 0 Å². The Kier molecular flexibility index (Phi) is 5.89. The first-order valence-corrected chi connectivity index (χ1v) is 9.16.